The summed E-state index contributed by atoms with van der Waals surface area (Å²) in [6.45, 7) is 0. The van der Waals surface area contributed by atoms with Crippen LogP contribution in [0.15, 0.2) is 47.8 Å². The minimum absolute atomic E-state index is 0.0843. The van der Waals surface area contributed by atoms with Crippen molar-refractivity contribution in [1.82, 2.24) is 0 Å². The van der Waals surface area contributed by atoms with Crippen LogP contribution in [0.3, 0.4) is 0 Å². The largest absolute Gasteiger partial charge is 0.496 e. The molecule has 27 heavy (non-hydrogen) atoms. The molecule has 0 fully saturated rings. The second-order valence-corrected chi connectivity index (χ2v) is 7.50. The van der Waals surface area contributed by atoms with E-state index in [-0.39, 0.29) is 6.42 Å². The Bertz CT molecular complexity index is 954. The van der Waals surface area contributed by atoms with Crippen molar-refractivity contribution >= 4 is 47.4 Å². The van der Waals surface area contributed by atoms with E-state index in [0.29, 0.717) is 17.2 Å². The summed E-state index contributed by atoms with van der Waals surface area (Å²) in [5, 5.41) is 11.7. The number of aryl methyl sites for hydroxylation is 1. The number of rotatable bonds is 7. The Morgan fingerprint density at radius 2 is 1.96 bits per heavy atom. The third kappa shape index (κ3) is 4.40. The van der Waals surface area contributed by atoms with Gasteiger partial charge in [0.15, 0.2) is 0 Å². The van der Waals surface area contributed by atoms with Gasteiger partial charge in [-0.05, 0) is 47.7 Å². The van der Waals surface area contributed by atoms with Gasteiger partial charge in [0.2, 0.25) is 0 Å². The molecule has 3 aromatic rings. The maximum atomic E-state index is 11.1. The number of ether oxygens (including phenoxy) is 1. The number of benzene rings is 2. The second-order valence-electron chi connectivity index (χ2n) is 5.88. The lowest BCUT2D eigenvalue weighted by molar-refractivity contribution is -0.136. The number of carboxylic acids is 1. The standard InChI is InChI=1S/C20H18ClNO3S2/c1-25-17-10-13(21)4-7-15(17)16-11-27-18(8-9-19(23)24)20(16)12-2-5-14(22-26)6-3-12/h2-7,10-11,22,26H,8-9H2,1H3,(H,23,24). The molecule has 0 aliphatic rings. The number of carboxylic acid groups (broad SMARTS) is 1. The minimum atomic E-state index is -0.811. The average molecular weight is 420 g/mol. The Balaban J connectivity index is 2.15. The quantitative estimate of drug-likeness (QED) is 0.410. The smallest absolute Gasteiger partial charge is 0.303 e. The number of hydrogen-bond acceptors (Lipinski definition) is 5. The number of nitrogens with one attached hydrogen (secondary N) is 1. The van der Waals surface area contributed by atoms with Crippen LogP contribution in [-0.4, -0.2) is 18.2 Å². The van der Waals surface area contributed by atoms with Gasteiger partial charge in [0.1, 0.15) is 5.75 Å². The highest BCUT2D eigenvalue weighted by Crippen LogP contribution is 2.44. The highest BCUT2D eigenvalue weighted by atomic mass is 35.5. The van der Waals surface area contributed by atoms with Crippen molar-refractivity contribution in [3.63, 3.8) is 0 Å². The monoisotopic (exact) mass is 419 g/mol. The molecule has 0 aliphatic heterocycles. The zero-order valence-electron chi connectivity index (χ0n) is 14.5. The maximum absolute atomic E-state index is 11.1. The molecule has 0 saturated heterocycles. The molecule has 0 atom stereocenters. The number of halogens is 1. The summed E-state index contributed by atoms with van der Waals surface area (Å²) in [5.74, 6) is -0.130. The molecule has 140 valence electrons. The van der Waals surface area contributed by atoms with Crippen LogP contribution in [0.1, 0.15) is 11.3 Å². The van der Waals surface area contributed by atoms with Gasteiger partial charge in [-0.3, -0.25) is 4.79 Å². The van der Waals surface area contributed by atoms with Crippen molar-refractivity contribution in [3.05, 3.63) is 57.7 Å². The first-order valence-electron chi connectivity index (χ1n) is 8.20. The van der Waals surface area contributed by atoms with E-state index in [1.165, 1.54) is 0 Å². The second kappa shape index (κ2) is 8.69. The molecule has 2 aromatic carbocycles. The number of thiol groups is 1. The first-order valence-corrected chi connectivity index (χ1v) is 9.90. The van der Waals surface area contributed by atoms with E-state index in [9.17, 15) is 4.79 Å². The molecule has 3 rings (SSSR count). The van der Waals surface area contributed by atoms with Gasteiger partial charge in [-0.1, -0.05) is 36.5 Å². The molecule has 0 spiro atoms. The third-order valence-electron chi connectivity index (χ3n) is 4.19. The summed E-state index contributed by atoms with van der Waals surface area (Å²) in [6, 6.07) is 13.4. The normalized spacial score (nSPS) is 10.6. The maximum Gasteiger partial charge on any atom is 0.303 e. The summed E-state index contributed by atoms with van der Waals surface area (Å²) in [4.78, 5) is 12.1. The van der Waals surface area contributed by atoms with Crippen LogP contribution in [0.2, 0.25) is 5.02 Å². The van der Waals surface area contributed by atoms with Gasteiger partial charge in [-0.2, -0.15) is 0 Å². The highest BCUT2D eigenvalue weighted by Gasteiger charge is 2.19. The Labute approximate surface area is 172 Å². The van der Waals surface area contributed by atoms with Crippen LogP contribution in [0.25, 0.3) is 22.3 Å². The van der Waals surface area contributed by atoms with Crippen molar-refractivity contribution < 1.29 is 14.6 Å². The van der Waals surface area contributed by atoms with Gasteiger partial charge in [0.25, 0.3) is 0 Å². The molecule has 0 amide bonds. The zero-order chi connectivity index (χ0) is 19.4. The van der Waals surface area contributed by atoms with E-state index < -0.39 is 5.97 Å². The summed E-state index contributed by atoms with van der Waals surface area (Å²) in [7, 11) is 1.61. The molecule has 7 heteroatoms. The molecule has 1 aromatic heterocycles. The fourth-order valence-electron chi connectivity index (χ4n) is 2.92. The van der Waals surface area contributed by atoms with E-state index in [1.54, 1.807) is 24.5 Å². The molecule has 0 unspecified atom stereocenters. The first-order chi connectivity index (χ1) is 13.0. The van der Waals surface area contributed by atoms with Crippen LogP contribution in [0.5, 0.6) is 5.75 Å². The number of hydrogen-bond donors (Lipinski definition) is 3. The topological polar surface area (TPSA) is 58.6 Å². The lowest BCUT2D eigenvalue weighted by Crippen LogP contribution is -1.97. The lowest BCUT2D eigenvalue weighted by atomic mass is 9.95. The molecular formula is C20H18ClNO3S2. The van der Waals surface area contributed by atoms with Crippen molar-refractivity contribution in [2.75, 3.05) is 11.8 Å². The van der Waals surface area contributed by atoms with Gasteiger partial charge in [-0.25, -0.2) is 0 Å². The molecule has 1 heterocycles. The Hall–Kier alpha value is -2.15. The average Bonchev–Trinajstić information content (AvgIpc) is 3.10. The van der Waals surface area contributed by atoms with Gasteiger partial charge in [-0.15, -0.1) is 11.3 Å². The lowest BCUT2D eigenvalue weighted by Gasteiger charge is -2.12. The van der Waals surface area contributed by atoms with Gasteiger partial charge >= 0.3 is 5.97 Å². The fourth-order valence-corrected chi connectivity index (χ4v) is 4.30. The summed E-state index contributed by atoms with van der Waals surface area (Å²) in [6.07, 6.45) is 0.554. The molecule has 0 saturated carbocycles. The fraction of sp³-hybridized carbons (Fsp3) is 0.150. The van der Waals surface area contributed by atoms with E-state index in [2.05, 4.69) is 17.5 Å². The number of methoxy groups -OCH3 is 1. The number of anilines is 1. The van der Waals surface area contributed by atoms with Gasteiger partial charge in [0, 0.05) is 32.3 Å². The van der Waals surface area contributed by atoms with E-state index in [1.807, 2.05) is 41.8 Å². The number of aliphatic carboxylic acids is 1. The van der Waals surface area contributed by atoms with Crippen LogP contribution < -0.4 is 9.46 Å². The van der Waals surface area contributed by atoms with Crippen LogP contribution in [0.4, 0.5) is 5.69 Å². The third-order valence-corrected chi connectivity index (χ3v) is 5.73. The Kier molecular flexibility index (Phi) is 6.31. The Morgan fingerprint density at radius 3 is 2.59 bits per heavy atom. The van der Waals surface area contributed by atoms with E-state index >= 15 is 0 Å². The van der Waals surface area contributed by atoms with Gasteiger partial charge < -0.3 is 14.6 Å². The van der Waals surface area contributed by atoms with Crippen LogP contribution >= 0.6 is 35.8 Å². The van der Waals surface area contributed by atoms with Crippen molar-refractivity contribution in [3.8, 4) is 28.0 Å². The van der Waals surface area contributed by atoms with Crippen molar-refractivity contribution in [2.45, 2.75) is 12.8 Å². The van der Waals surface area contributed by atoms with Gasteiger partial charge in [0.05, 0.1) is 13.5 Å². The molecule has 4 nitrogen and oxygen atoms in total. The minimum Gasteiger partial charge on any atom is -0.496 e. The SMILES string of the molecule is COc1cc(Cl)ccc1-c1csc(CCC(=O)O)c1-c1ccc(NS)cc1. The van der Waals surface area contributed by atoms with E-state index in [4.69, 9.17) is 21.4 Å². The van der Waals surface area contributed by atoms with E-state index in [0.717, 1.165) is 32.8 Å². The van der Waals surface area contributed by atoms with Crippen LogP contribution in [0, 0.1) is 0 Å². The zero-order valence-corrected chi connectivity index (χ0v) is 17.0. The molecule has 0 aliphatic carbocycles. The van der Waals surface area contributed by atoms with Crippen molar-refractivity contribution in [2.24, 2.45) is 0 Å². The summed E-state index contributed by atoms with van der Waals surface area (Å²) < 4.78 is 8.33. The first kappa shape index (κ1) is 19.6. The number of carbonyl (C=O) groups is 1. The number of thiophene rings is 1. The molecule has 0 radical (unpaired) electrons. The highest BCUT2D eigenvalue weighted by molar-refractivity contribution is 7.81. The molecule has 2 N–H and O–H groups in total. The van der Waals surface area contributed by atoms with Crippen molar-refractivity contribution in [1.29, 1.82) is 0 Å². The predicted octanol–water partition coefficient (Wildman–Crippen LogP) is 6.02. The molecule has 0 bridgehead atoms. The summed E-state index contributed by atoms with van der Waals surface area (Å²) >= 11 is 11.7. The molecular weight excluding hydrogens is 402 g/mol. The summed E-state index contributed by atoms with van der Waals surface area (Å²) in [5.41, 5.74) is 4.84. The van der Waals surface area contributed by atoms with Crippen LogP contribution in [-0.2, 0) is 11.2 Å². The predicted molar refractivity (Wildman–Crippen MR) is 115 cm³/mol. The Morgan fingerprint density at radius 1 is 1.22 bits per heavy atom.